The van der Waals surface area contributed by atoms with E-state index in [-0.39, 0.29) is 11.8 Å². The van der Waals surface area contributed by atoms with Crippen LogP contribution in [0.15, 0.2) is 42.7 Å². The fourth-order valence-corrected chi connectivity index (χ4v) is 3.55. The first-order chi connectivity index (χ1) is 15.1. The summed E-state index contributed by atoms with van der Waals surface area (Å²) in [6, 6.07) is 11.2. The summed E-state index contributed by atoms with van der Waals surface area (Å²) in [5, 5.41) is 3.94. The number of ether oxygens (including phenoxy) is 2. The number of nitrogen functional groups attached to an aromatic ring is 1. The average molecular weight is 420 g/mol. The van der Waals surface area contributed by atoms with Crippen molar-refractivity contribution in [2.24, 2.45) is 0 Å². The summed E-state index contributed by atoms with van der Waals surface area (Å²) in [6.45, 7) is 1.29. The highest BCUT2D eigenvalue weighted by Gasteiger charge is 2.15. The van der Waals surface area contributed by atoms with Crippen molar-refractivity contribution < 1.29 is 14.3 Å². The highest BCUT2D eigenvalue weighted by Crippen LogP contribution is 2.27. The Balaban J connectivity index is 1.38. The summed E-state index contributed by atoms with van der Waals surface area (Å²) >= 11 is 0. The Morgan fingerprint density at radius 3 is 2.74 bits per heavy atom. The normalized spacial score (nSPS) is 11.0. The molecule has 0 spiro atoms. The van der Waals surface area contributed by atoms with E-state index in [4.69, 9.17) is 15.2 Å². The number of aromatic nitrogens is 4. The smallest absolute Gasteiger partial charge is 0.256 e. The predicted molar refractivity (Wildman–Crippen MR) is 118 cm³/mol. The van der Waals surface area contributed by atoms with Crippen LogP contribution in [0, 0.1) is 0 Å². The van der Waals surface area contributed by atoms with Crippen molar-refractivity contribution in [1.29, 1.82) is 0 Å². The second-order valence-electron chi connectivity index (χ2n) is 7.02. The molecule has 0 saturated carbocycles. The van der Waals surface area contributed by atoms with E-state index < -0.39 is 0 Å². The first kappa shape index (κ1) is 20.4. The van der Waals surface area contributed by atoms with Gasteiger partial charge in [0.05, 0.1) is 31.6 Å². The number of hydrogen-bond donors (Lipinski definition) is 2. The van der Waals surface area contributed by atoms with Gasteiger partial charge in [0.2, 0.25) is 11.8 Å². The summed E-state index contributed by atoms with van der Waals surface area (Å²) in [5.74, 6) is 0.829. The molecule has 0 aliphatic heterocycles. The first-order valence-electron chi connectivity index (χ1n) is 9.98. The van der Waals surface area contributed by atoms with Gasteiger partial charge in [-0.1, -0.05) is 18.2 Å². The third kappa shape index (κ3) is 4.07. The number of nitrogens with zero attached hydrogens (tertiary/aromatic N) is 4. The topological polar surface area (TPSA) is 117 Å². The van der Waals surface area contributed by atoms with Gasteiger partial charge < -0.3 is 25.1 Å². The number of carbonyl (C=O) groups is 1. The number of benzene rings is 1. The molecule has 0 radical (unpaired) electrons. The SMILES string of the molecule is COc1ccc(C(=O)NCCCCn2cnc3c(N)nc4ccccc4c32)c(OC)n1. The van der Waals surface area contributed by atoms with Crippen LogP contribution in [-0.4, -0.2) is 46.2 Å². The number of anilines is 1. The lowest BCUT2D eigenvalue weighted by Crippen LogP contribution is -2.25. The van der Waals surface area contributed by atoms with Crippen LogP contribution in [0.25, 0.3) is 21.9 Å². The minimum Gasteiger partial charge on any atom is -0.481 e. The van der Waals surface area contributed by atoms with Crippen molar-refractivity contribution in [2.75, 3.05) is 26.5 Å². The van der Waals surface area contributed by atoms with Crippen molar-refractivity contribution in [3.8, 4) is 11.8 Å². The number of methoxy groups -OCH3 is 2. The first-order valence-corrected chi connectivity index (χ1v) is 9.98. The molecule has 1 amide bonds. The number of hydrogen-bond acceptors (Lipinski definition) is 7. The molecule has 0 fully saturated rings. The van der Waals surface area contributed by atoms with Crippen molar-refractivity contribution in [2.45, 2.75) is 19.4 Å². The van der Waals surface area contributed by atoms with E-state index in [2.05, 4.69) is 24.8 Å². The second-order valence-corrected chi connectivity index (χ2v) is 7.02. The molecule has 160 valence electrons. The standard InChI is InChI=1S/C22H24N6O3/c1-30-17-10-9-15(22(27-17)31-2)21(29)24-11-5-6-12-28-13-25-18-19(28)14-7-3-4-8-16(14)26-20(18)23/h3-4,7-10,13H,5-6,11-12H2,1-2H3,(H2,23,26)(H,24,29). The minimum atomic E-state index is -0.232. The number of amides is 1. The largest absolute Gasteiger partial charge is 0.481 e. The molecule has 0 saturated heterocycles. The van der Waals surface area contributed by atoms with Crippen LogP contribution in [-0.2, 0) is 6.54 Å². The molecule has 3 aromatic heterocycles. The molecule has 0 aliphatic rings. The van der Waals surface area contributed by atoms with Gasteiger partial charge in [-0.25, -0.2) is 9.97 Å². The molecule has 31 heavy (non-hydrogen) atoms. The van der Waals surface area contributed by atoms with Crippen molar-refractivity contribution >= 4 is 33.7 Å². The van der Waals surface area contributed by atoms with Gasteiger partial charge in [0.15, 0.2) is 5.82 Å². The molecular formula is C22H24N6O3. The number of nitrogens with two attached hydrogens (primary N) is 1. The molecule has 9 nitrogen and oxygen atoms in total. The van der Waals surface area contributed by atoms with Crippen LogP contribution in [0.5, 0.6) is 11.8 Å². The van der Waals surface area contributed by atoms with Gasteiger partial charge >= 0.3 is 0 Å². The highest BCUT2D eigenvalue weighted by molar-refractivity contribution is 6.06. The number of unbranched alkanes of at least 4 members (excludes halogenated alkanes) is 1. The molecule has 3 N–H and O–H groups in total. The Kier molecular flexibility index (Phi) is 5.83. The maximum absolute atomic E-state index is 12.5. The maximum Gasteiger partial charge on any atom is 0.256 e. The number of aryl methyl sites for hydroxylation is 1. The fraction of sp³-hybridized carbons (Fsp3) is 0.273. The molecule has 4 rings (SSSR count). The molecule has 4 aromatic rings. The molecule has 0 unspecified atom stereocenters. The van der Waals surface area contributed by atoms with Crippen molar-refractivity contribution in [3.05, 3.63) is 48.3 Å². The van der Waals surface area contributed by atoms with Gasteiger partial charge in [0.1, 0.15) is 11.1 Å². The summed E-state index contributed by atoms with van der Waals surface area (Å²) in [4.78, 5) is 25.5. The van der Waals surface area contributed by atoms with Gasteiger partial charge in [0.25, 0.3) is 5.91 Å². The number of fused-ring (bicyclic) bond motifs is 3. The van der Waals surface area contributed by atoms with E-state index in [9.17, 15) is 4.79 Å². The molecule has 9 heteroatoms. The summed E-state index contributed by atoms with van der Waals surface area (Å²) in [7, 11) is 2.98. The zero-order valence-electron chi connectivity index (χ0n) is 17.5. The number of nitrogens with one attached hydrogen (secondary N) is 1. The van der Waals surface area contributed by atoms with Crippen LogP contribution in [0.3, 0.4) is 0 Å². The van der Waals surface area contributed by atoms with Crippen LogP contribution < -0.4 is 20.5 Å². The average Bonchev–Trinajstić information content (AvgIpc) is 3.23. The highest BCUT2D eigenvalue weighted by atomic mass is 16.5. The molecule has 3 heterocycles. The lowest BCUT2D eigenvalue weighted by atomic mass is 10.2. The molecule has 0 aliphatic carbocycles. The van der Waals surface area contributed by atoms with Crippen LogP contribution >= 0.6 is 0 Å². The lowest BCUT2D eigenvalue weighted by molar-refractivity contribution is 0.0949. The fourth-order valence-electron chi connectivity index (χ4n) is 3.55. The Morgan fingerprint density at radius 1 is 1.10 bits per heavy atom. The van der Waals surface area contributed by atoms with E-state index in [0.717, 1.165) is 35.8 Å². The number of pyridine rings is 2. The second kappa shape index (κ2) is 8.86. The molecular weight excluding hydrogens is 396 g/mol. The van der Waals surface area contributed by atoms with Crippen molar-refractivity contribution in [1.82, 2.24) is 24.8 Å². The zero-order chi connectivity index (χ0) is 21.8. The van der Waals surface area contributed by atoms with Gasteiger partial charge in [0, 0.05) is 24.5 Å². The van der Waals surface area contributed by atoms with Gasteiger partial charge in [-0.15, -0.1) is 0 Å². The van der Waals surface area contributed by atoms with Crippen LogP contribution in [0.1, 0.15) is 23.2 Å². The predicted octanol–water partition coefficient (Wildman–Crippen LogP) is 2.79. The summed E-state index contributed by atoms with van der Waals surface area (Å²) < 4.78 is 12.3. The number of para-hydroxylation sites is 1. The Bertz CT molecular complexity index is 1240. The van der Waals surface area contributed by atoms with Crippen LogP contribution in [0.4, 0.5) is 5.82 Å². The summed E-state index contributed by atoms with van der Waals surface area (Å²) in [5.41, 5.74) is 9.01. The molecule has 1 aromatic carbocycles. The van der Waals surface area contributed by atoms with E-state index >= 15 is 0 Å². The maximum atomic E-state index is 12.5. The number of carbonyl (C=O) groups excluding carboxylic acids is 1. The third-order valence-corrected chi connectivity index (χ3v) is 5.07. The minimum absolute atomic E-state index is 0.232. The van der Waals surface area contributed by atoms with Gasteiger partial charge in [-0.2, -0.15) is 4.98 Å². The lowest BCUT2D eigenvalue weighted by Gasteiger charge is -2.10. The molecule has 0 atom stereocenters. The summed E-state index contributed by atoms with van der Waals surface area (Å²) in [6.07, 6.45) is 3.46. The Morgan fingerprint density at radius 2 is 1.94 bits per heavy atom. The third-order valence-electron chi connectivity index (χ3n) is 5.07. The van der Waals surface area contributed by atoms with E-state index in [0.29, 0.717) is 29.3 Å². The Hall–Kier alpha value is -3.88. The van der Waals surface area contributed by atoms with Crippen LogP contribution in [0.2, 0.25) is 0 Å². The number of imidazole rings is 1. The quantitative estimate of drug-likeness (QED) is 0.421. The van der Waals surface area contributed by atoms with Gasteiger partial charge in [-0.05, 0) is 25.0 Å². The molecule has 0 bridgehead atoms. The monoisotopic (exact) mass is 420 g/mol. The number of rotatable bonds is 8. The van der Waals surface area contributed by atoms with E-state index in [1.54, 1.807) is 18.5 Å². The van der Waals surface area contributed by atoms with E-state index in [1.807, 2.05) is 24.3 Å². The van der Waals surface area contributed by atoms with Crippen molar-refractivity contribution in [3.63, 3.8) is 0 Å². The Labute approximate surface area is 179 Å². The zero-order valence-corrected chi connectivity index (χ0v) is 17.5. The van der Waals surface area contributed by atoms with E-state index in [1.165, 1.54) is 14.2 Å². The van der Waals surface area contributed by atoms with Gasteiger partial charge in [-0.3, -0.25) is 4.79 Å².